The number of aromatic nitrogens is 2. The third kappa shape index (κ3) is 3.47. The molecule has 1 fully saturated rings. The largest absolute Gasteiger partial charge is 0.497 e. The minimum atomic E-state index is -0.0540. The van der Waals surface area contributed by atoms with Crippen LogP contribution in [0.4, 0.5) is 0 Å². The number of carbonyl (C=O) groups excluding carboxylic acids is 1. The smallest absolute Gasteiger partial charge is 0.257 e. The number of rotatable bonds is 4. The molecule has 4 rings (SSSR count). The summed E-state index contributed by atoms with van der Waals surface area (Å²) in [6.07, 6.45) is 4.86. The Labute approximate surface area is 158 Å². The Balaban J connectivity index is 1.53. The van der Waals surface area contributed by atoms with Crippen molar-refractivity contribution >= 4 is 5.91 Å². The molecule has 7 nitrogen and oxygen atoms in total. The van der Waals surface area contributed by atoms with Crippen LogP contribution in [-0.4, -0.2) is 48.1 Å². The van der Waals surface area contributed by atoms with Crippen LogP contribution in [0, 0.1) is 0 Å². The predicted molar refractivity (Wildman–Crippen MR) is 100 cm³/mol. The van der Waals surface area contributed by atoms with Crippen molar-refractivity contribution in [1.82, 2.24) is 20.2 Å². The first kappa shape index (κ1) is 17.7. The van der Waals surface area contributed by atoms with Crippen LogP contribution >= 0.6 is 0 Å². The molecule has 27 heavy (non-hydrogen) atoms. The van der Waals surface area contributed by atoms with Gasteiger partial charge in [0.25, 0.3) is 5.91 Å². The third-order valence-electron chi connectivity index (χ3n) is 5.25. The zero-order valence-electron chi connectivity index (χ0n) is 15.7. The fraction of sp³-hybridized carbons (Fsp3) is 0.450. The molecule has 1 N–H and O–H groups in total. The molecule has 1 aromatic carbocycles. The number of ether oxygens (including phenoxy) is 2. The number of methoxy groups -OCH3 is 2. The number of nitrogens with zero attached hydrogens (tertiary/aromatic N) is 3. The Morgan fingerprint density at radius 1 is 1.30 bits per heavy atom. The molecule has 2 aliphatic rings. The van der Waals surface area contributed by atoms with E-state index in [1.54, 1.807) is 32.4 Å². The summed E-state index contributed by atoms with van der Waals surface area (Å²) in [5.41, 5.74) is 2.61. The van der Waals surface area contributed by atoms with Gasteiger partial charge in [-0.15, -0.1) is 0 Å². The number of carbonyl (C=O) groups is 1. The second-order valence-electron chi connectivity index (χ2n) is 6.89. The van der Waals surface area contributed by atoms with Crippen molar-refractivity contribution in [2.45, 2.75) is 31.8 Å². The second-order valence-corrected chi connectivity index (χ2v) is 6.89. The summed E-state index contributed by atoms with van der Waals surface area (Å²) in [5.74, 6) is 2.00. The average Bonchev–Trinajstić information content (AvgIpc) is 3.27. The van der Waals surface area contributed by atoms with Gasteiger partial charge in [-0.1, -0.05) is 0 Å². The highest BCUT2D eigenvalue weighted by atomic mass is 16.5. The molecule has 0 bridgehead atoms. The highest BCUT2D eigenvalue weighted by Crippen LogP contribution is 2.28. The molecule has 3 heterocycles. The number of amides is 1. The predicted octanol–water partition coefficient (Wildman–Crippen LogP) is 2.12. The van der Waals surface area contributed by atoms with Gasteiger partial charge < -0.3 is 19.7 Å². The van der Waals surface area contributed by atoms with Crippen molar-refractivity contribution in [3.63, 3.8) is 0 Å². The number of fused-ring (bicyclic) bond motifs is 1. The topological polar surface area (TPSA) is 76.6 Å². The van der Waals surface area contributed by atoms with Gasteiger partial charge in [-0.05, 0) is 31.5 Å². The Morgan fingerprint density at radius 3 is 2.93 bits per heavy atom. The standard InChI is InChI=1S/C20H24N4O3/c1-26-14-5-6-15(18(10-14)27-2)20(25)24-9-7-16-13(12-24)11-22-19(23-16)17-4-3-8-21-17/h5-6,10-11,17,21H,3-4,7-9,12H2,1-2H3/t17-/m1/s1. The van der Waals surface area contributed by atoms with E-state index < -0.39 is 0 Å². The maximum atomic E-state index is 13.0. The van der Waals surface area contributed by atoms with Crippen LogP contribution in [0.3, 0.4) is 0 Å². The quantitative estimate of drug-likeness (QED) is 0.891. The minimum Gasteiger partial charge on any atom is -0.497 e. The van der Waals surface area contributed by atoms with Crippen molar-refractivity contribution in [3.05, 3.63) is 47.0 Å². The Bertz CT molecular complexity index is 849. The van der Waals surface area contributed by atoms with Crippen LogP contribution in [0.1, 0.15) is 46.3 Å². The normalized spacial score (nSPS) is 18.9. The molecule has 0 unspecified atom stereocenters. The highest BCUT2D eigenvalue weighted by molar-refractivity contribution is 5.97. The van der Waals surface area contributed by atoms with Gasteiger partial charge >= 0.3 is 0 Å². The first-order chi connectivity index (χ1) is 13.2. The van der Waals surface area contributed by atoms with Crippen LogP contribution in [0.2, 0.25) is 0 Å². The Kier molecular flexibility index (Phi) is 4.94. The van der Waals surface area contributed by atoms with Gasteiger partial charge in [0, 0.05) is 37.3 Å². The molecule has 1 atom stereocenters. The summed E-state index contributed by atoms with van der Waals surface area (Å²) in [5, 5.41) is 3.44. The third-order valence-corrected chi connectivity index (χ3v) is 5.25. The van der Waals surface area contributed by atoms with Gasteiger partial charge in [0.05, 0.1) is 31.5 Å². The Morgan fingerprint density at radius 2 is 2.19 bits per heavy atom. The molecule has 1 saturated heterocycles. The lowest BCUT2D eigenvalue weighted by Gasteiger charge is -2.29. The lowest BCUT2D eigenvalue weighted by Crippen LogP contribution is -2.37. The molecule has 2 aliphatic heterocycles. The lowest BCUT2D eigenvalue weighted by molar-refractivity contribution is 0.0729. The molecule has 0 spiro atoms. The van der Waals surface area contributed by atoms with E-state index >= 15 is 0 Å². The van der Waals surface area contributed by atoms with E-state index in [4.69, 9.17) is 14.5 Å². The molecule has 0 radical (unpaired) electrons. The van der Waals surface area contributed by atoms with E-state index in [9.17, 15) is 4.79 Å². The van der Waals surface area contributed by atoms with Crippen LogP contribution in [0.5, 0.6) is 11.5 Å². The van der Waals surface area contributed by atoms with Gasteiger partial charge in [0.2, 0.25) is 0 Å². The molecule has 0 saturated carbocycles. The first-order valence-corrected chi connectivity index (χ1v) is 9.29. The van der Waals surface area contributed by atoms with Gasteiger partial charge in [-0.25, -0.2) is 9.97 Å². The van der Waals surface area contributed by atoms with E-state index in [0.29, 0.717) is 30.2 Å². The molecule has 0 aliphatic carbocycles. The lowest BCUT2D eigenvalue weighted by atomic mass is 10.0. The van der Waals surface area contributed by atoms with Crippen molar-refractivity contribution in [3.8, 4) is 11.5 Å². The fourth-order valence-corrected chi connectivity index (χ4v) is 3.72. The summed E-state index contributed by atoms with van der Waals surface area (Å²) in [4.78, 5) is 24.2. The van der Waals surface area contributed by atoms with E-state index in [0.717, 1.165) is 42.9 Å². The van der Waals surface area contributed by atoms with Gasteiger partial charge in [-0.2, -0.15) is 0 Å². The van der Waals surface area contributed by atoms with Crippen LogP contribution < -0.4 is 14.8 Å². The number of hydrogen-bond donors (Lipinski definition) is 1. The minimum absolute atomic E-state index is 0.0540. The van der Waals surface area contributed by atoms with Crippen molar-refractivity contribution < 1.29 is 14.3 Å². The highest BCUT2D eigenvalue weighted by Gasteiger charge is 2.27. The van der Waals surface area contributed by atoms with Crippen molar-refractivity contribution in [1.29, 1.82) is 0 Å². The summed E-state index contributed by atoms with van der Waals surface area (Å²) >= 11 is 0. The molecule has 2 aromatic rings. The molecule has 1 aromatic heterocycles. The zero-order valence-corrected chi connectivity index (χ0v) is 15.7. The first-order valence-electron chi connectivity index (χ1n) is 9.29. The van der Waals surface area contributed by atoms with Gasteiger partial charge in [0.1, 0.15) is 17.3 Å². The number of benzene rings is 1. The van der Waals surface area contributed by atoms with Crippen LogP contribution in [0.25, 0.3) is 0 Å². The fourth-order valence-electron chi connectivity index (χ4n) is 3.72. The summed E-state index contributed by atoms with van der Waals surface area (Å²) in [6, 6.07) is 5.52. The molecule has 7 heteroatoms. The van der Waals surface area contributed by atoms with E-state index in [1.807, 2.05) is 11.1 Å². The summed E-state index contributed by atoms with van der Waals surface area (Å²) in [6.45, 7) is 2.17. The monoisotopic (exact) mass is 368 g/mol. The molecule has 1 amide bonds. The van der Waals surface area contributed by atoms with Crippen LogP contribution in [0.15, 0.2) is 24.4 Å². The van der Waals surface area contributed by atoms with E-state index in [-0.39, 0.29) is 11.9 Å². The maximum absolute atomic E-state index is 13.0. The number of nitrogens with one attached hydrogen (secondary N) is 1. The number of hydrogen-bond acceptors (Lipinski definition) is 6. The molecular weight excluding hydrogens is 344 g/mol. The molecule has 142 valence electrons. The SMILES string of the molecule is COc1ccc(C(=O)N2CCc3nc([C@H]4CCCN4)ncc3C2)c(OC)c1. The van der Waals surface area contributed by atoms with E-state index in [1.165, 1.54) is 0 Å². The van der Waals surface area contributed by atoms with Gasteiger partial charge in [0.15, 0.2) is 0 Å². The molecular formula is C20H24N4O3. The Hall–Kier alpha value is -2.67. The summed E-state index contributed by atoms with van der Waals surface area (Å²) < 4.78 is 10.6. The van der Waals surface area contributed by atoms with Crippen molar-refractivity contribution in [2.75, 3.05) is 27.3 Å². The second kappa shape index (κ2) is 7.52. The summed E-state index contributed by atoms with van der Waals surface area (Å²) in [7, 11) is 3.15. The van der Waals surface area contributed by atoms with Gasteiger partial charge in [-0.3, -0.25) is 4.79 Å². The van der Waals surface area contributed by atoms with Crippen molar-refractivity contribution in [2.24, 2.45) is 0 Å². The zero-order chi connectivity index (χ0) is 18.8. The van der Waals surface area contributed by atoms with Crippen LogP contribution in [-0.2, 0) is 13.0 Å². The van der Waals surface area contributed by atoms with E-state index in [2.05, 4.69) is 10.3 Å². The maximum Gasteiger partial charge on any atom is 0.257 e. The average molecular weight is 368 g/mol.